The van der Waals surface area contributed by atoms with Gasteiger partial charge in [-0.05, 0) is 50.2 Å². The van der Waals surface area contributed by atoms with Crippen LogP contribution in [0.25, 0.3) is 0 Å². The SMILES string of the molecule is COc1ccc(OC(C)CN=C(N)Nc2ccc(C)cc2)cc1.I. The van der Waals surface area contributed by atoms with Crippen molar-refractivity contribution >= 4 is 35.6 Å². The topological polar surface area (TPSA) is 68.9 Å². The molecule has 2 aromatic carbocycles. The number of aliphatic imine (C=N–C) groups is 1. The van der Waals surface area contributed by atoms with Crippen LogP contribution < -0.4 is 20.5 Å². The van der Waals surface area contributed by atoms with Crippen molar-refractivity contribution in [2.75, 3.05) is 19.0 Å². The smallest absolute Gasteiger partial charge is 0.193 e. The second-order valence-electron chi connectivity index (χ2n) is 5.32. The Balaban J connectivity index is 0.00000288. The van der Waals surface area contributed by atoms with Crippen molar-refractivity contribution in [3.05, 3.63) is 54.1 Å². The highest BCUT2D eigenvalue weighted by molar-refractivity contribution is 14.0. The molecular formula is C18H24IN3O2. The zero-order chi connectivity index (χ0) is 16.7. The van der Waals surface area contributed by atoms with Gasteiger partial charge in [0.25, 0.3) is 0 Å². The first kappa shape index (κ1) is 20.1. The third-order valence-corrected chi connectivity index (χ3v) is 3.24. The second kappa shape index (κ2) is 10.0. The Morgan fingerprint density at radius 1 is 1.08 bits per heavy atom. The molecule has 0 spiro atoms. The number of hydrogen-bond acceptors (Lipinski definition) is 3. The molecule has 130 valence electrons. The van der Waals surface area contributed by atoms with Crippen LogP contribution in [-0.4, -0.2) is 25.7 Å². The Hall–Kier alpha value is -1.96. The number of rotatable bonds is 6. The van der Waals surface area contributed by atoms with Crippen LogP contribution in [0.5, 0.6) is 11.5 Å². The zero-order valence-corrected chi connectivity index (χ0v) is 16.5. The highest BCUT2D eigenvalue weighted by Gasteiger charge is 2.04. The molecule has 0 radical (unpaired) electrons. The molecular weight excluding hydrogens is 417 g/mol. The number of guanidine groups is 1. The molecule has 0 aliphatic heterocycles. The van der Waals surface area contributed by atoms with Gasteiger partial charge in [0.2, 0.25) is 0 Å². The van der Waals surface area contributed by atoms with Gasteiger partial charge in [0.05, 0.1) is 13.7 Å². The minimum atomic E-state index is -0.0817. The number of nitrogens with zero attached hydrogens (tertiary/aromatic N) is 1. The average molecular weight is 441 g/mol. The third-order valence-electron chi connectivity index (χ3n) is 3.24. The molecule has 0 aliphatic rings. The number of ether oxygens (including phenoxy) is 2. The third kappa shape index (κ3) is 6.66. The number of nitrogens with two attached hydrogens (primary N) is 1. The molecule has 0 aliphatic carbocycles. The van der Waals surface area contributed by atoms with E-state index < -0.39 is 0 Å². The predicted octanol–water partition coefficient (Wildman–Crippen LogP) is 3.82. The van der Waals surface area contributed by atoms with Gasteiger partial charge in [-0.2, -0.15) is 0 Å². The molecule has 5 nitrogen and oxygen atoms in total. The number of hydrogen-bond donors (Lipinski definition) is 2. The Bertz CT molecular complexity index is 642. The quantitative estimate of drug-likeness (QED) is 0.407. The van der Waals surface area contributed by atoms with Crippen molar-refractivity contribution in [3.8, 4) is 11.5 Å². The van der Waals surface area contributed by atoms with Gasteiger partial charge in [0, 0.05) is 5.69 Å². The van der Waals surface area contributed by atoms with E-state index in [1.54, 1.807) is 7.11 Å². The summed E-state index contributed by atoms with van der Waals surface area (Å²) in [6, 6.07) is 15.4. The first-order chi connectivity index (χ1) is 11.1. The van der Waals surface area contributed by atoms with Crippen LogP contribution in [0.15, 0.2) is 53.5 Å². The number of benzene rings is 2. The maximum absolute atomic E-state index is 5.89. The molecule has 2 aromatic rings. The lowest BCUT2D eigenvalue weighted by molar-refractivity contribution is 0.230. The molecule has 0 amide bonds. The number of aryl methyl sites for hydroxylation is 1. The fourth-order valence-electron chi connectivity index (χ4n) is 1.98. The predicted molar refractivity (Wildman–Crippen MR) is 110 cm³/mol. The number of halogens is 1. The summed E-state index contributed by atoms with van der Waals surface area (Å²) in [6.45, 7) is 4.46. The first-order valence-electron chi connectivity index (χ1n) is 7.51. The van der Waals surface area contributed by atoms with Gasteiger partial charge in [-0.15, -0.1) is 24.0 Å². The van der Waals surface area contributed by atoms with Crippen LogP contribution in [0, 0.1) is 6.92 Å². The van der Waals surface area contributed by atoms with Crippen molar-refractivity contribution in [2.45, 2.75) is 20.0 Å². The van der Waals surface area contributed by atoms with E-state index in [1.807, 2.05) is 62.4 Å². The summed E-state index contributed by atoms with van der Waals surface area (Å²) in [5, 5.41) is 3.06. The lowest BCUT2D eigenvalue weighted by atomic mass is 10.2. The molecule has 2 rings (SSSR count). The summed E-state index contributed by atoms with van der Waals surface area (Å²) in [5.41, 5.74) is 8.01. The summed E-state index contributed by atoms with van der Waals surface area (Å²) in [6.07, 6.45) is -0.0817. The summed E-state index contributed by atoms with van der Waals surface area (Å²) in [4.78, 5) is 4.31. The van der Waals surface area contributed by atoms with Gasteiger partial charge in [0.15, 0.2) is 5.96 Å². The van der Waals surface area contributed by atoms with Crippen molar-refractivity contribution in [1.82, 2.24) is 0 Å². The van der Waals surface area contributed by atoms with Gasteiger partial charge < -0.3 is 20.5 Å². The van der Waals surface area contributed by atoms with E-state index in [0.29, 0.717) is 12.5 Å². The van der Waals surface area contributed by atoms with E-state index in [1.165, 1.54) is 5.56 Å². The molecule has 3 N–H and O–H groups in total. The van der Waals surface area contributed by atoms with Gasteiger partial charge in [-0.1, -0.05) is 17.7 Å². The molecule has 0 fully saturated rings. The fourth-order valence-corrected chi connectivity index (χ4v) is 1.98. The molecule has 24 heavy (non-hydrogen) atoms. The van der Waals surface area contributed by atoms with Crippen LogP contribution in [0.3, 0.4) is 0 Å². The summed E-state index contributed by atoms with van der Waals surface area (Å²) in [5.74, 6) is 1.95. The maximum Gasteiger partial charge on any atom is 0.193 e. The fraction of sp³-hybridized carbons (Fsp3) is 0.278. The molecule has 0 saturated carbocycles. The lowest BCUT2D eigenvalue weighted by Gasteiger charge is -2.13. The van der Waals surface area contributed by atoms with E-state index in [4.69, 9.17) is 15.2 Å². The highest BCUT2D eigenvalue weighted by Crippen LogP contribution is 2.18. The average Bonchev–Trinajstić information content (AvgIpc) is 2.56. The molecule has 0 saturated heterocycles. The Morgan fingerprint density at radius 2 is 1.67 bits per heavy atom. The zero-order valence-electron chi connectivity index (χ0n) is 14.2. The van der Waals surface area contributed by atoms with Crippen molar-refractivity contribution in [3.63, 3.8) is 0 Å². The maximum atomic E-state index is 5.89. The van der Waals surface area contributed by atoms with E-state index in [9.17, 15) is 0 Å². The van der Waals surface area contributed by atoms with E-state index in [-0.39, 0.29) is 30.1 Å². The van der Waals surface area contributed by atoms with E-state index >= 15 is 0 Å². The van der Waals surface area contributed by atoms with Gasteiger partial charge in [-0.25, -0.2) is 4.99 Å². The van der Waals surface area contributed by atoms with Crippen LogP contribution in [0.4, 0.5) is 5.69 Å². The van der Waals surface area contributed by atoms with Crippen molar-refractivity contribution < 1.29 is 9.47 Å². The molecule has 1 unspecified atom stereocenters. The van der Waals surface area contributed by atoms with Gasteiger partial charge >= 0.3 is 0 Å². The van der Waals surface area contributed by atoms with Crippen LogP contribution >= 0.6 is 24.0 Å². The van der Waals surface area contributed by atoms with Crippen LogP contribution in [0.2, 0.25) is 0 Å². The van der Waals surface area contributed by atoms with E-state index in [0.717, 1.165) is 17.2 Å². The molecule has 0 bridgehead atoms. The second-order valence-corrected chi connectivity index (χ2v) is 5.32. The number of anilines is 1. The van der Waals surface area contributed by atoms with Crippen molar-refractivity contribution in [2.24, 2.45) is 10.7 Å². The minimum Gasteiger partial charge on any atom is -0.497 e. The minimum absolute atomic E-state index is 0. The highest BCUT2D eigenvalue weighted by atomic mass is 127. The molecule has 6 heteroatoms. The monoisotopic (exact) mass is 441 g/mol. The summed E-state index contributed by atoms with van der Waals surface area (Å²) in [7, 11) is 1.64. The standard InChI is InChI=1S/C18H23N3O2.HI/c1-13-4-6-15(7-5-13)21-18(19)20-12-14(2)23-17-10-8-16(22-3)9-11-17;/h4-11,14H,12H2,1-3H3,(H3,19,20,21);1H. The normalized spacial score (nSPS) is 12.0. The van der Waals surface area contributed by atoms with E-state index in [2.05, 4.69) is 10.3 Å². The Morgan fingerprint density at radius 3 is 2.25 bits per heavy atom. The molecule has 1 atom stereocenters. The number of methoxy groups -OCH3 is 1. The Kier molecular flexibility index (Phi) is 8.39. The number of nitrogens with one attached hydrogen (secondary N) is 1. The molecule has 0 aromatic heterocycles. The summed E-state index contributed by atoms with van der Waals surface area (Å²) >= 11 is 0. The largest absolute Gasteiger partial charge is 0.497 e. The molecule has 0 heterocycles. The lowest BCUT2D eigenvalue weighted by Crippen LogP contribution is -2.25. The van der Waals surface area contributed by atoms with Crippen LogP contribution in [-0.2, 0) is 0 Å². The summed E-state index contributed by atoms with van der Waals surface area (Å²) < 4.78 is 10.9. The first-order valence-corrected chi connectivity index (χ1v) is 7.51. The van der Waals surface area contributed by atoms with Crippen LogP contribution in [0.1, 0.15) is 12.5 Å². The van der Waals surface area contributed by atoms with Gasteiger partial charge in [-0.3, -0.25) is 0 Å². The van der Waals surface area contributed by atoms with Crippen molar-refractivity contribution in [1.29, 1.82) is 0 Å². The Labute approximate surface area is 160 Å². The van der Waals surface area contributed by atoms with Gasteiger partial charge in [0.1, 0.15) is 17.6 Å².